The summed E-state index contributed by atoms with van der Waals surface area (Å²) in [5.41, 5.74) is 0.258. The van der Waals surface area contributed by atoms with Crippen molar-refractivity contribution in [1.82, 2.24) is 35.1 Å². The van der Waals surface area contributed by atoms with Crippen LogP contribution in [0.2, 0.25) is 0 Å². The first-order valence-corrected chi connectivity index (χ1v) is 30.0. The molecule has 7 atom stereocenters. The zero-order valence-electron chi connectivity index (χ0n) is 51.4. The van der Waals surface area contributed by atoms with Crippen LogP contribution in [0.25, 0.3) is 0 Å². The van der Waals surface area contributed by atoms with Crippen LogP contribution < -0.4 is 26.2 Å². The van der Waals surface area contributed by atoms with E-state index in [-0.39, 0.29) is 75.2 Å². The molecule has 8 amide bonds. The molecule has 0 aromatic heterocycles. The molecule has 0 radical (unpaired) electrons. The van der Waals surface area contributed by atoms with Gasteiger partial charge in [-0.2, -0.15) is 0 Å². The van der Waals surface area contributed by atoms with E-state index in [4.69, 9.17) is 14.2 Å². The van der Waals surface area contributed by atoms with E-state index in [1.807, 2.05) is 24.0 Å². The highest BCUT2D eigenvalue weighted by Crippen LogP contribution is 2.43. The van der Waals surface area contributed by atoms with Crippen molar-refractivity contribution in [3.05, 3.63) is 124 Å². The van der Waals surface area contributed by atoms with E-state index in [0.29, 0.717) is 62.4 Å². The zero-order valence-corrected chi connectivity index (χ0v) is 51.4. The molecule has 25 heteroatoms. The third-order valence-corrected chi connectivity index (χ3v) is 17.5. The summed E-state index contributed by atoms with van der Waals surface area (Å²) in [5.74, 6) is -7.10. The number of carbonyl (C=O) groups is 8. The third-order valence-electron chi connectivity index (χ3n) is 17.5. The lowest BCUT2D eigenvalue weighted by Gasteiger charge is -2.47. The van der Waals surface area contributed by atoms with Crippen molar-refractivity contribution < 1.29 is 70.8 Å². The molecule has 4 aromatic carbocycles. The van der Waals surface area contributed by atoms with E-state index >= 15 is 13.6 Å². The summed E-state index contributed by atoms with van der Waals surface area (Å²) < 4.78 is 61.1. The number of amides is 8. The summed E-state index contributed by atoms with van der Waals surface area (Å²) in [6, 6.07) is 14.4. The number of para-hydroxylation sites is 1. The van der Waals surface area contributed by atoms with Crippen LogP contribution >= 0.6 is 0 Å². The minimum Gasteiger partial charge on any atom is -0.465 e. The van der Waals surface area contributed by atoms with Gasteiger partial charge in [-0.25, -0.2) is 22.8 Å². The average molecular weight is 1240 g/mol. The number of carboxylic acid groups (broad SMARTS) is 1. The van der Waals surface area contributed by atoms with Gasteiger partial charge in [-0.1, -0.05) is 36.4 Å². The summed E-state index contributed by atoms with van der Waals surface area (Å²) in [5, 5.41) is 20.8. The van der Waals surface area contributed by atoms with Crippen molar-refractivity contribution in [2.75, 3.05) is 94.8 Å². The number of fused-ring (bicyclic) bond motifs is 2. The second kappa shape index (κ2) is 27.3. The summed E-state index contributed by atoms with van der Waals surface area (Å²) in [6.45, 7) is 14.1. The monoisotopic (exact) mass is 1240 g/mol. The molecule has 0 unspecified atom stereocenters. The Morgan fingerprint density at radius 1 is 0.831 bits per heavy atom. The number of anilines is 3. The Balaban J connectivity index is 0.944. The largest absolute Gasteiger partial charge is 0.465 e. The first-order valence-electron chi connectivity index (χ1n) is 30.0. The van der Waals surface area contributed by atoms with Gasteiger partial charge in [0.1, 0.15) is 46.9 Å². The Morgan fingerprint density at radius 2 is 1.53 bits per heavy atom. The highest BCUT2D eigenvalue weighted by molar-refractivity contribution is 6.05. The zero-order chi connectivity index (χ0) is 64.2. The van der Waals surface area contributed by atoms with Gasteiger partial charge >= 0.3 is 12.2 Å². The van der Waals surface area contributed by atoms with Gasteiger partial charge in [0.2, 0.25) is 29.5 Å². The van der Waals surface area contributed by atoms with Gasteiger partial charge in [0.05, 0.1) is 31.7 Å². The van der Waals surface area contributed by atoms with Crippen LogP contribution in [-0.2, 0) is 61.4 Å². The van der Waals surface area contributed by atoms with Crippen molar-refractivity contribution in [2.24, 2.45) is 5.92 Å². The molecule has 9 rings (SSSR count). The number of ether oxygens (including phenoxy) is 3. The molecule has 0 saturated carbocycles. The standard InChI is InChI=1S/C64H79F3N10O12/c1-37-30-74(46(33-75(37)61(84)85)32-73-22-25-88-35-38(73)2)34-53(79)77-36-64(7,48-19-14-41(27-51(48)77)26-40-12-16-44(65)17-13-40)60(83)68-29-52(78)69-45-18-15-43-31-76(56(47(43)28-45)58(81)71-55-49(66)10-9-11-50(55)67)59(82)54(42-20-23-87-24-21-42)70-57(80)39(3)72(8)62(86)89-63(4,5)6/h9-19,27-28,37-39,42,46,54,56H,20-26,29-36H2,1-8H3,(H,68,83)(H,69,78)(H,70,80)(H,71,81)(H,84,85)/t37-,38-,39+,46+,54+,56+,64-/m1/s1. The van der Waals surface area contributed by atoms with Gasteiger partial charge in [-0.15, -0.1) is 0 Å². The smallest absolute Gasteiger partial charge is 0.410 e. The molecule has 4 aromatic rings. The molecule has 5 aliphatic rings. The molecule has 0 spiro atoms. The summed E-state index contributed by atoms with van der Waals surface area (Å²) in [7, 11) is 1.38. The highest BCUT2D eigenvalue weighted by atomic mass is 19.1. The normalized spacial score (nSPS) is 22.1. The second-order valence-electron chi connectivity index (χ2n) is 25.1. The van der Waals surface area contributed by atoms with Crippen LogP contribution in [0.3, 0.4) is 0 Å². The van der Waals surface area contributed by atoms with Gasteiger partial charge < -0.3 is 55.3 Å². The Hall–Kier alpha value is -8.13. The number of piperazine rings is 1. The topological polar surface area (TPSA) is 252 Å². The molecule has 89 heavy (non-hydrogen) atoms. The Labute approximate surface area is 515 Å². The maximum atomic E-state index is 15.2. The molecule has 22 nitrogen and oxygen atoms in total. The quantitative estimate of drug-likeness (QED) is 0.0812. The lowest BCUT2D eigenvalue weighted by atomic mass is 9.83. The van der Waals surface area contributed by atoms with Gasteiger partial charge in [-0.05, 0) is 144 Å². The molecule has 0 aliphatic carbocycles. The number of benzene rings is 4. The SMILES string of the molecule is C[C@@H]1COCCN1C[C@H]1CN(C(=O)O)[C@H](C)CN1CC(=O)N1C[C@@](C)(C(=O)NCC(=O)Nc2ccc3c(c2)[C@@H](C(=O)Nc2c(F)cccc2F)N(C(=O)[C@@H](NC(=O)[C@H](C)N(C)C(=O)OC(C)(C)C)C2CCOCC2)C3)c2ccc(Cc3ccc(F)cc3)cc21. The summed E-state index contributed by atoms with van der Waals surface area (Å²) in [6.07, 6.45) is -0.779. The lowest BCUT2D eigenvalue weighted by molar-refractivity contribution is -0.144. The molecule has 3 saturated heterocycles. The first-order chi connectivity index (χ1) is 42.2. The Morgan fingerprint density at radius 3 is 2.20 bits per heavy atom. The average Bonchev–Trinajstić information content (AvgIpc) is 1.62. The van der Waals surface area contributed by atoms with Gasteiger partial charge in [0.15, 0.2) is 0 Å². The molecular formula is C64H79F3N10O12. The van der Waals surface area contributed by atoms with Crippen LogP contribution in [-0.4, -0.2) is 192 Å². The number of hydrogen-bond acceptors (Lipinski definition) is 13. The molecular weight excluding hydrogens is 1160 g/mol. The lowest BCUT2D eigenvalue weighted by Crippen LogP contribution is -2.64. The van der Waals surface area contributed by atoms with E-state index in [2.05, 4.69) is 26.2 Å². The van der Waals surface area contributed by atoms with Gasteiger partial charge in [0.25, 0.3) is 5.91 Å². The van der Waals surface area contributed by atoms with Crippen molar-refractivity contribution in [3.63, 3.8) is 0 Å². The number of nitrogens with one attached hydrogen (secondary N) is 4. The summed E-state index contributed by atoms with van der Waals surface area (Å²) in [4.78, 5) is 122. The molecule has 5 aliphatic heterocycles. The molecule has 478 valence electrons. The number of carbonyl (C=O) groups excluding carboxylic acids is 7. The number of rotatable bonds is 17. The number of morpholine rings is 1. The van der Waals surface area contributed by atoms with E-state index in [1.54, 1.807) is 63.8 Å². The van der Waals surface area contributed by atoms with Crippen LogP contribution in [0.5, 0.6) is 0 Å². The molecule has 0 bridgehead atoms. The minimum atomic E-state index is -1.57. The summed E-state index contributed by atoms with van der Waals surface area (Å²) >= 11 is 0. The van der Waals surface area contributed by atoms with Crippen molar-refractivity contribution in [2.45, 2.75) is 122 Å². The molecule has 3 fully saturated rings. The molecule has 5 N–H and O–H groups in total. The van der Waals surface area contributed by atoms with E-state index in [1.165, 1.54) is 48.0 Å². The van der Waals surface area contributed by atoms with Crippen molar-refractivity contribution in [3.8, 4) is 0 Å². The fraction of sp³-hybridized carbons (Fsp3) is 0.500. The van der Waals surface area contributed by atoms with Crippen LogP contribution in [0.15, 0.2) is 78.9 Å². The van der Waals surface area contributed by atoms with E-state index in [9.17, 15) is 43.1 Å². The van der Waals surface area contributed by atoms with Crippen LogP contribution in [0.1, 0.15) is 95.2 Å². The fourth-order valence-electron chi connectivity index (χ4n) is 12.3. The number of nitrogens with zero attached hydrogens (tertiary/aromatic N) is 6. The predicted molar refractivity (Wildman–Crippen MR) is 322 cm³/mol. The predicted octanol–water partition coefficient (Wildman–Crippen LogP) is 6.02. The van der Waals surface area contributed by atoms with Crippen LogP contribution in [0.4, 0.5) is 39.8 Å². The van der Waals surface area contributed by atoms with Crippen LogP contribution in [0, 0.1) is 23.4 Å². The van der Waals surface area contributed by atoms with Crippen molar-refractivity contribution >= 4 is 64.7 Å². The van der Waals surface area contributed by atoms with E-state index < -0.39 is 113 Å². The maximum absolute atomic E-state index is 15.2. The minimum absolute atomic E-state index is 0.0664. The van der Waals surface area contributed by atoms with Crippen molar-refractivity contribution in [1.29, 1.82) is 0 Å². The maximum Gasteiger partial charge on any atom is 0.410 e. The van der Waals surface area contributed by atoms with Gasteiger partial charge in [-0.3, -0.25) is 43.5 Å². The number of halogens is 3. The third kappa shape index (κ3) is 15.0. The number of hydrogen-bond donors (Lipinski definition) is 5. The highest BCUT2D eigenvalue weighted by Gasteiger charge is 2.49. The van der Waals surface area contributed by atoms with Gasteiger partial charge in [0, 0.05) is 89.0 Å². The number of likely N-dealkylation sites (N-methyl/N-ethyl adjacent to an activating group) is 1. The Bertz CT molecular complexity index is 3330. The Kier molecular flexibility index (Phi) is 20.0. The first kappa shape index (κ1) is 65.3. The molecule has 5 heterocycles. The van der Waals surface area contributed by atoms with E-state index in [0.717, 1.165) is 34.2 Å². The fourth-order valence-corrected chi connectivity index (χ4v) is 12.3. The second-order valence-corrected chi connectivity index (χ2v) is 25.1.